The van der Waals surface area contributed by atoms with Crippen molar-refractivity contribution in [3.8, 4) is 5.75 Å². The van der Waals surface area contributed by atoms with Gasteiger partial charge in [-0.15, -0.1) is 0 Å². The van der Waals surface area contributed by atoms with E-state index in [0.717, 1.165) is 10.9 Å². The second kappa shape index (κ2) is 6.21. The molecule has 20 heavy (non-hydrogen) atoms. The average molecular weight is 276 g/mol. The van der Waals surface area contributed by atoms with Crippen molar-refractivity contribution >= 4 is 16.8 Å². The Morgan fingerprint density at radius 1 is 1.30 bits per heavy atom. The molecule has 0 saturated carbocycles. The third-order valence-electron chi connectivity index (χ3n) is 2.97. The summed E-state index contributed by atoms with van der Waals surface area (Å²) in [5.41, 5.74) is 3.32. The fraction of sp³-hybridized carbons (Fsp3) is 0.286. The molecule has 1 heterocycles. The number of nitrogens with one attached hydrogen (secondary N) is 2. The Morgan fingerprint density at radius 2 is 2.10 bits per heavy atom. The molecule has 0 saturated heterocycles. The molecule has 0 spiro atoms. The third kappa shape index (κ3) is 3.16. The first kappa shape index (κ1) is 14.1. The van der Waals surface area contributed by atoms with Gasteiger partial charge in [0.15, 0.2) is 0 Å². The van der Waals surface area contributed by atoms with Crippen LogP contribution in [0.5, 0.6) is 5.75 Å². The third-order valence-corrected chi connectivity index (χ3v) is 2.97. The molecule has 2 N–H and O–H groups in total. The Bertz CT molecular complexity index is 678. The van der Waals surface area contributed by atoms with E-state index in [1.807, 2.05) is 6.07 Å². The van der Waals surface area contributed by atoms with Crippen molar-refractivity contribution < 1.29 is 14.4 Å². The molecule has 0 atom stereocenters. The van der Waals surface area contributed by atoms with Gasteiger partial charge in [-0.25, -0.2) is 5.48 Å². The number of carbonyl (C=O) groups is 1. The highest BCUT2D eigenvalue weighted by molar-refractivity contribution is 5.81. The van der Waals surface area contributed by atoms with Crippen molar-refractivity contribution in [3.63, 3.8) is 0 Å². The van der Waals surface area contributed by atoms with Crippen molar-refractivity contribution in [1.82, 2.24) is 10.5 Å². The number of amides is 1. The van der Waals surface area contributed by atoms with Gasteiger partial charge in [-0.05, 0) is 30.7 Å². The normalized spacial score (nSPS) is 10.5. The Kier molecular flexibility index (Phi) is 4.37. The van der Waals surface area contributed by atoms with Crippen LogP contribution in [0.3, 0.4) is 0 Å². The van der Waals surface area contributed by atoms with E-state index in [1.54, 1.807) is 25.3 Å². The zero-order chi connectivity index (χ0) is 14.5. The lowest BCUT2D eigenvalue weighted by molar-refractivity contribution is -0.131. The lowest BCUT2D eigenvalue weighted by Gasteiger charge is -2.05. The molecule has 1 aromatic heterocycles. The summed E-state index contributed by atoms with van der Waals surface area (Å²) in [4.78, 5) is 30.5. The van der Waals surface area contributed by atoms with Crippen LogP contribution in [0.1, 0.15) is 12.0 Å². The molecule has 2 rings (SSSR count). The summed E-state index contributed by atoms with van der Waals surface area (Å²) < 4.78 is 5.15. The van der Waals surface area contributed by atoms with Crippen LogP contribution >= 0.6 is 0 Å². The van der Waals surface area contributed by atoms with E-state index in [9.17, 15) is 9.59 Å². The van der Waals surface area contributed by atoms with Gasteiger partial charge in [-0.1, -0.05) is 0 Å². The van der Waals surface area contributed by atoms with E-state index < -0.39 is 0 Å². The van der Waals surface area contributed by atoms with Gasteiger partial charge in [0, 0.05) is 22.9 Å². The smallest absolute Gasteiger partial charge is 0.251 e. The molecule has 0 aliphatic rings. The predicted molar refractivity (Wildman–Crippen MR) is 74.6 cm³/mol. The van der Waals surface area contributed by atoms with Gasteiger partial charge >= 0.3 is 0 Å². The molecule has 0 aliphatic carbocycles. The van der Waals surface area contributed by atoms with Crippen LogP contribution in [-0.4, -0.2) is 25.1 Å². The van der Waals surface area contributed by atoms with E-state index in [1.165, 1.54) is 7.11 Å². The first-order valence-corrected chi connectivity index (χ1v) is 6.16. The molecule has 6 heteroatoms. The number of carbonyl (C=O) groups excluding carboxylic acids is 1. The van der Waals surface area contributed by atoms with Gasteiger partial charge in [0.1, 0.15) is 5.75 Å². The Balaban J connectivity index is 2.26. The summed E-state index contributed by atoms with van der Waals surface area (Å²) in [6, 6.07) is 7.18. The first-order valence-electron chi connectivity index (χ1n) is 6.16. The van der Waals surface area contributed by atoms with Gasteiger partial charge in [0.25, 0.3) is 5.56 Å². The van der Waals surface area contributed by atoms with Gasteiger partial charge in [-0.3, -0.25) is 14.4 Å². The quantitative estimate of drug-likeness (QED) is 0.803. The largest absolute Gasteiger partial charge is 0.497 e. The highest BCUT2D eigenvalue weighted by Gasteiger charge is 2.07. The van der Waals surface area contributed by atoms with Crippen LogP contribution in [0.15, 0.2) is 29.1 Å². The summed E-state index contributed by atoms with van der Waals surface area (Å²) in [5.74, 6) is 0.449. The van der Waals surface area contributed by atoms with Gasteiger partial charge in [0.2, 0.25) is 5.91 Å². The lowest BCUT2D eigenvalue weighted by atomic mass is 10.1. The van der Waals surface area contributed by atoms with Gasteiger partial charge in [0.05, 0.1) is 14.2 Å². The highest BCUT2D eigenvalue weighted by atomic mass is 16.6. The monoisotopic (exact) mass is 276 g/mol. The molecule has 2 aromatic rings. The van der Waals surface area contributed by atoms with Crippen molar-refractivity contribution in [2.75, 3.05) is 14.2 Å². The van der Waals surface area contributed by atoms with Crippen molar-refractivity contribution in [2.24, 2.45) is 0 Å². The number of fused-ring (bicyclic) bond motifs is 1. The maximum atomic E-state index is 11.9. The topological polar surface area (TPSA) is 80.4 Å². The van der Waals surface area contributed by atoms with Crippen LogP contribution in [0.25, 0.3) is 10.9 Å². The second-order valence-corrected chi connectivity index (χ2v) is 4.31. The summed E-state index contributed by atoms with van der Waals surface area (Å²) in [7, 11) is 2.95. The van der Waals surface area contributed by atoms with Crippen molar-refractivity contribution in [1.29, 1.82) is 0 Å². The standard InChI is InChI=1S/C14H16N2O4/c1-19-11-4-5-12-10(8-11)7-9(14(18)15-12)3-6-13(17)16-20-2/h4-5,7-8H,3,6H2,1-2H3,(H,15,18)(H,16,17). The van der Waals surface area contributed by atoms with Crippen LogP contribution in [0.2, 0.25) is 0 Å². The van der Waals surface area contributed by atoms with Crippen LogP contribution in [0, 0.1) is 0 Å². The zero-order valence-corrected chi connectivity index (χ0v) is 11.4. The van der Waals surface area contributed by atoms with Crippen molar-refractivity contribution in [2.45, 2.75) is 12.8 Å². The molecule has 106 valence electrons. The van der Waals surface area contributed by atoms with Crippen LogP contribution in [0.4, 0.5) is 0 Å². The summed E-state index contributed by atoms with van der Waals surface area (Å²) in [5, 5.41) is 0.867. The van der Waals surface area contributed by atoms with Gasteiger partial charge in [-0.2, -0.15) is 0 Å². The van der Waals surface area contributed by atoms with Crippen LogP contribution < -0.4 is 15.8 Å². The molecule has 0 unspecified atom stereocenters. The predicted octanol–water partition coefficient (Wildman–Crippen LogP) is 1.15. The van der Waals surface area contributed by atoms with E-state index in [2.05, 4.69) is 15.3 Å². The Morgan fingerprint density at radius 3 is 2.80 bits per heavy atom. The minimum Gasteiger partial charge on any atom is -0.497 e. The number of hydroxylamine groups is 1. The summed E-state index contributed by atoms with van der Waals surface area (Å²) >= 11 is 0. The van der Waals surface area contributed by atoms with E-state index in [-0.39, 0.29) is 17.9 Å². The fourth-order valence-electron chi connectivity index (χ4n) is 1.96. The minimum absolute atomic E-state index is 0.187. The number of aromatic nitrogens is 1. The number of aryl methyl sites for hydroxylation is 1. The number of methoxy groups -OCH3 is 1. The number of benzene rings is 1. The Labute approximate surface area is 115 Å². The lowest BCUT2D eigenvalue weighted by Crippen LogP contribution is -2.23. The number of hydrogen-bond acceptors (Lipinski definition) is 4. The highest BCUT2D eigenvalue weighted by Crippen LogP contribution is 2.19. The second-order valence-electron chi connectivity index (χ2n) is 4.31. The molecule has 0 bridgehead atoms. The number of pyridine rings is 1. The minimum atomic E-state index is -0.266. The molecule has 0 fully saturated rings. The molecular weight excluding hydrogens is 260 g/mol. The molecule has 1 amide bonds. The van der Waals surface area contributed by atoms with E-state index in [4.69, 9.17) is 4.74 Å². The number of ether oxygens (including phenoxy) is 1. The zero-order valence-electron chi connectivity index (χ0n) is 11.4. The van der Waals surface area contributed by atoms with Gasteiger partial charge < -0.3 is 9.72 Å². The molecular formula is C14H16N2O4. The van der Waals surface area contributed by atoms with E-state index in [0.29, 0.717) is 17.7 Å². The van der Waals surface area contributed by atoms with Crippen LogP contribution in [-0.2, 0) is 16.1 Å². The SMILES string of the molecule is CONC(=O)CCc1cc2cc(OC)ccc2[nH]c1=O. The summed E-state index contributed by atoms with van der Waals surface area (Å²) in [6.07, 6.45) is 0.532. The molecule has 1 aromatic carbocycles. The Hall–Kier alpha value is -2.34. The number of aromatic amines is 1. The summed E-state index contributed by atoms with van der Waals surface area (Å²) in [6.45, 7) is 0. The van der Waals surface area contributed by atoms with Crippen molar-refractivity contribution in [3.05, 3.63) is 40.2 Å². The number of H-pyrrole nitrogens is 1. The maximum Gasteiger partial charge on any atom is 0.251 e. The molecule has 6 nitrogen and oxygen atoms in total. The maximum absolute atomic E-state index is 11.9. The molecule has 0 radical (unpaired) electrons. The van der Waals surface area contributed by atoms with E-state index >= 15 is 0 Å². The average Bonchev–Trinajstić information content (AvgIpc) is 2.45. The molecule has 0 aliphatic heterocycles. The fourth-order valence-corrected chi connectivity index (χ4v) is 1.96. The number of hydrogen-bond donors (Lipinski definition) is 2. The number of rotatable bonds is 5. The first-order chi connectivity index (χ1) is 9.63.